The van der Waals surface area contributed by atoms with E-state index in [1.165, 1.54) is 5.69 Å². The fraction of sp³-hybridized carbons (Fsp3) is 0.357. The molecule has 21 heavy (non-hydrogen) atoms. The molecule has 0 spiro atoms. The Hall–Kier alpha value is -1.89. The maximum Gasteiger partial charge on any atom is 0.180 e. The number of fused-ring (bicyclic) bond motifs is 1. The summed E-state index contributed by atoms with van der Waals surface area (Å²) in [4.78, 5) is 8.75. The highest BCUT2D eigenvalue weighted by atomic mass is 79.9. The van der Waals surface area contributed by atoms with Crippen molar-refractivity contribution in [3.8, 4) is 0 Å². The van der Waals surface area contributed by atoms with Gasteiger partial charge in [-0.2, -0.15) is 5.10 Å². The Labute approximate surface area is 131 Å². The van der Waals surface area contributed by atoms with Crippen LogP contribution in [0.2, 0.25) is 0 Å². The molecule has 0 aliphatic carbocycles. The molecule has 3 aromatic heterocycles. The number of anilines is 1. The topological polar surface area (TPSA) is 60.0 Å². The van der Waals surface area contributed by atoms with Gasteiger partial charge in [0.2, 0.25) is 0 Å². The lowest BCUT2D eigenvalue weighted by Crippen LogP contribution is -2.10. The molecule has 3 rings (SSSR count). The van der Waals surface area contributed by atoms with Crippen molar-refractivity contribution in [2.45, 2.75) is 26.8 Å². The van der Waals surface area contributed by atoms with Crippen LogP contribution in [0.5, 0.6) is 0 Å². The van der Waals surface area contributed by atoms with Gasteiger partial charge in [0, 0.05) is 37.4 Å². The Balaban J connectivity index is 1.62. The fourth-order valence-corrected chi connectivity index (χ4v) is 2.75. The molecule has 0 saturated carbocycles. The first-order valence-corrected chi connectivity index (χ1v) is 7.67. The number of aromatic nitrogens is 5. The van der Waals surface area contributed by atoms with Crippen LogP contribution in [0.4, 0.5) is 5.82 Å². The van der Waals surface area contributed by atoms with Crippen molar-refractivity contribution in [2.75, 3.05) is 11.9 Å². The van der Waals surface area contributed by atoms with E-state index in [1.54, 1.807) is 6.20 Å². The van der Waals surface area contributed by atoms with Crippen LogP contribution in [0.25, 0.3) is 5.65 Å². The molecule has 7 heteroatoms. The first-order chi connectivity index (χ1) is 10.1. The summed E-state index contributed by atoms with van der Waals surface area (Å²) in [6, 6.07) is 2.09. The van der Waals surface area contributed by atoms with Gasteiger partial charge < -0.3 is 9.72 Å². The van der Waals surface area contributed by atoms with E-state index in [0.29, 0.717) is 0 Å². The lowest BCUT2D eigenvalue weighted by molar-refractivity contribution is 0.573. The molecule has 0 saturated heterocycles. The van der Waals surface area contributed by atoms with Gasteiger partial charge in [-0.1, -0.05) is 0 Å². The van der Waals surface area contributed by atoms with Crippen molar-refractivity contribution in [3.05, 3.63) is 40.6 Å². The van der Waals surface area contributed by atoms with E-state index >= 15 is 0 Å². The zero-order valence-electron chi connectivity index (χ0n) is 12.0. The van der Waals surface area contributed by atoms with E-state index in [-0.39, 0.29) is 0 Å². The minimum atomic E-state index is 0.786. The SMILES string of the molecule is Cc1cc(C)n(CCCNc2nc(Br)cn3ccnc23)n1. The van der Waals surface area contributed by atoms with Crippen LogP contribution < -0.4 is 5.32 Å². The summed E-state index contributed by atoms with van der Waals surface area (Å²) < 4.78 is 4.77. The third-order valence-corrected chi connectivity index (χ3v) is 3.67. The Morgan fingerprint density at radius 2 is 2.19 bits per heavy atom. The average molecular weight is 349 g/mol. The third-order valence-electron chi connectivity index (χ3n) is 3.29. The van der Waals surface area contributed by atoms with E-state index in [4.69, 9.17) is 0 Å². The predicted molar refractivity (Wildman–Crippen MR) is 85.5 cm³/mol. The van der Waals surface area contributed by atoms with Crippen molar-refractivity contribution >= 4 is 27.4 Å². The van der Waals surface area contributed by atoms with E-state index in [2.05, 4.69) is 49.3 Å². The molecular weight excluding hydrogens is 332 g/mol. The molecule has 1 N–H and O–H groups in total. The van der Waals surface area contributed by atoms with Crippen LogP contribution in [-0.4, -0.2) is 30.7 Å². The molecule has 0 bridgehead atoms. The standard InChI is InChI=1S/C14H17BrN6/c1-10-8-11(2)21(19-10)6-3-4-16-13-14-17-5-7-20(14)9-12(15)18-13/h5,7-9H,3-4,6H2,1-2H3,(H,16,18). The summed E-state index contributed by atoms with van der Waals surface area (Å²) in [5, 5.41) is 7.81. The van der Waals surface area contributed by atoms with Gasteiger partial charge in [-0.25, -0.2) is 9.97 Å². The molecule has 110 valence electrons. The molecule has 0 aromatic carbocycles. The van der Waals surface area contributed by atoms with Crippen molar-refractivity contribution in [2.24, 2.45) is 0 Å². The van der Waals surface area contributed by atoms with Crippen molar-refractivity contribution in [1.29, 1.82) is 0 Å². The summed E-state index contributed by atoms with van der Waals surface area (Å²) in [7, 11) is 0. The Morgan fingerprint density at radius 3 is 2.95 bits per heavy atom. The number of hydrogen-bond donors (Lipinski definition) is 1. The monoisotopic (exact) mass is 348 g/mol. The first-order valence-electron chi connectivity index (χ1n) is 6.87. The van der Waals surface area contributed by atoms with Gasteiger partial charge in [-0.15, -0.1) is 0 Å². The molecule has 0 radical (unpaired) electrons. The quantitative estimate of drug-likeness (QED) is 0.720. The van der Waals surface area contributed by atoms with Crippen LogP contribution in [0, 0.1) is 13.8 Å². The second kappa shape index (κ2) is 5.85. The first kappa shape index (κ1) is 14.1. The predicted octanol–water partition coefficient (Wildman–Crippen LogP) is 2.81. The lowest BCUT2D eigenvalue weighted by Gasteiger charge is -2.08. The number of hydrogen-bond acceptors (Lipinski definition) is 4. The minimum absolute atomic E-state index is 0.786. The fourth-order valence-electron chi connectivity index (χ4n) is 2.36. The zero-order chi connectivity index (χ0) is 14.8. The number of rotatable bonds is 5. The van der Waals surface area contributed by atoms with Gasteiger partial charge in [-0.3, -0.25) is 4.68 Å². The Kier molecular flexibility index (Phi) is 3.92. The molecule has 0 amide bonds. The summed E-state index contributed by atoms with van der Waals surface area (Å²) in [5.41, 5.74) is 3.10. The van der Waals surface area contributed by atoms with Gasteiger partial charge >= 0.3 is 0 Å². The molecule has 0 unspecified atom stereocenters. The zero-order valence-corrected chi connectivity index (χ0v) is 13.6. The third kappa shape index (κ3) is 3.07. The summed E-state index contributed by atoms with van der Waals surface area (Å²) in [6.45, 7) is 5.81. The highest BCUT2D eigenvalue weighted by molar-refractivity contribution is 9.10. The van der Waals surface area contributed by atoms with E-state index in [1.807, 2.05) is 28.4 Å². The van der Waals surface area contributed by atoms with Crippen LogP contribution >= 0.6 is 15.9 Å². The smallest absolute Gasteiger partial charge is 0.180 e. The van der Waals surface area contributed by atoms with E-state index < -0.39 is 0 Å². The number of nitrogens with zero attached hydrogens (tertiary/aromatic N) is 5. The van der Waals surface area contributed by atoms with E-state index in [9.17, 15) is 0 Å². The van der Waals surface area contributed by atoms with E-state index in [0.717, 1.165) is 41.3 Å². The van der Waals surface area contributed by atoms with Gasteiger partial charge in [0.1, 0.15) is 4.60 Å². The Morgan fingerprint density at radius 1 is 1.33 bits per heavy atom. The van der Waals surface area contributed by atoms with Gasteiger partial charge in [0.05, 0.1) is 5.69 Å². The summed E-state index contributed by atoms with van der Waals surface area (Å²) in [5.74, 6) is 0.794. The van der Waals surface area contributed by atoms with Crippen molar-refractivity contribution in [1.82, 2.24) is 24.1 Å². The number of aryl methyl sites for hydroxylation is 3. The second-order valence-electron chi connectivity index (χ2n) is 5.00. The molecule has 3 aromatic rings. The molecular formula is C14H17BrN6. The molecule has 6 nitrogen and oxygen atoms in total. The van der Waals surface area contributed by atoms with Crippen LogP contribution in [0.3, 0.4) is 0 Å². The van der Waals surface area contributed by atoms with Crippen molar-refractivity contribution < 1.29 is 0 Å². The molecule has 0 aliphatic heterocycles. The maximum atomic E-state index is 4.46. The maximum absolute atomic E-state index is 4.46. The summed E-state index contributed by atoms with van der Waals surface area (Å²) in [6.07, 6.45) is 6.54. The minimum Gasteiger partial charge on any atom is -0.367 e. The summed E-state index contributed by atoms with van der Waals surface area (Å²) >= 11 is 3.41. The Bertz CT molecular complexity index is 760. The van der Waals surface area contributed by atoms with Gasteiger partial charge in [0.25, 0.3) is 0 Å². The average Bonchev–Trinajstić information content (AvgIpc) is 3.01. The molecule has 0 atom stereocenters. The lowest BCUT2D eigenvalue weighted by atomic mass is 10.4. The molecule has 0 aliphatic rings. The van der Waals surface area contributed by atoms with Crippen molar-refractivity contribution in [3.63, 3.8) is 0 Å². The number of imidazole rings is 1. The second-order valence-corrected chi connectivity index (χ2v) is 5.81. The largest absolute Gasteiger partial charge is 0.367 e. The normalized spacial score (nSPS) is 11.2. The number of halogens is 1. The van der Waals surface area contributed by atoms with Crippen LogP contribution in [0.1, 0.15) is 17.8 Å². The highest BCUT2D eigenvalue weighted by Gasteiger charge is 2.06. The molecule has 3 heterocycles. The molecule has 0 fully saturated rings. The highest BCUT2D eigenvalue weighted by Crippen LogP contribution is 2.16. The number of nitrogens with one attached hydrogen (secondary N) is 1. The van der Waals surface area contributed by atoms with Crippen LogP contribution in [-0.2, 0) is 6.54 Å². The van der Waals surface area contributed by atoms with Crippen LogP contribution in [0.15, 0.2) is 29.3 Å². The van der Waals surface area contributed by atoms with Gasteiger partial charge in [-0.05, 0) is 42.3 Å². The van der Waals surface area contributed by atoms with Gasteiger partial charge in [0.15, 0.2) is 11.5 Å².